The first-order valence-corrected chi connectivity index (χ1v) is 4.22. The van der Waals surface area contributed by atoms with Crippen molar-refractivity contribution in [3.63, 3.8) is 0 Å². The van der Waals surface area contributed by atoms with Crippen LogP contribution in [0.5, 0.6) is 0 Å². The molecule has 1 aromatic rings. The molecule has 0 aliphatic rings. The van der Waals surface area contributed by atoms with Gasteiger partial charge in [-0.15, -0.1) is 0 Å². The van der Waals surface area contributed by atoms with Gasteiger partial charge in [-0.25, -0.2) is 4.79 Å². The van der Waals surface area contributed by atoms with E-state index in [9.17, 15) is 9.59 Å². The van der Waals surface area contributed by atoms with Crippen molar-refractivity contribution in [3.05, 3.63) is 32.6 Å². The predicted molar refractivity (Wildman–Crippen MR) is 50.9 cm³/mol. The van der Waals surface area contributed by atoms with E-state index in [4.69, 9.17) is 5.26 Å². The van der Waals surface area contributed by atoms with Crippen LogP contribution in [0.4, 0.5) is 0 Å². The van der Waals surface area contributed by atoms with Crippen LogP contribution in [0.1, 0.15) is 12.0 Å². The number of aryl methyl sites for hydroxylation is 2. The Labute approximate surface area is 80.8 Å². The number of nitrogens with zero attached hydrogens (tertiary/aromatic N) is 3. The SMILES string of the molecule is Cc1cn(C)c(=O)n(CCC#N)c1=O. The summed E-state index contributed by atoms with van der Waals surface area (Å²) in [6, 6.07) is 1.90. The van der Waals surface area contributed by atoms with Gasteiger partial charge >= 0.3 is 5.69 Å². The van der Waals surface area contributed by atoms with Gasteiger partial charge in [0.25, 0.3) is 5.56 Å². The van der Waals surface area contributed by atoms with Crippen molar-refractivity contribution >= 4 is 0 Å². The van der Waals surface area contributed by atoms with Gasteiger partial charge < -0.3 is 4.57 Å². The molecule has 0 N–H and O–H groups in total. The molecule has 74 valence electrons. The van der Waals surface area contributed by atoms with E-state index in [1.54, 1.807) is 14.0 Å². The number of hydrogen-bond donors (Lipinski definition) is 0. The highest BCUT2D eigenvalue weighted by molar-refractivity contribution is 5.02. The predicted octanol–water partition coefficient (Wildman–Crippen LogP) is -0.231. The van der Waals surface area contributed by atoms with Crippen LogP contribution in [0.2, 0.25) is 0 Å². The van der Waals surface area contributed by atoms with Crippen LogP contribution in [-0.2, 0) is 13.6 Å². The Bertz CT molecular complexity index is 456. The number of aromatic nitrogens is 2. The number of rotatable bonds is 2. The molecule has 0 unspecified atom stereocenters. The molecule has 0 saturated carbocycles. The topological polar surface area (TPSA) is 67.8 Å². The Kier molecular flexibility index (Phi) is 2.87. The Hall–Kier alpha value is -1.83. The second-order valence-corrected chi connectivity index (χ2v) is 3.07. The zero-order valence-electron chi connectivity index (χ0n) is 8.15. The van der Waals surface area contributed by atoms with Crippen LogP contribution in [-0.4, -0.2) is 9.13 Å². The zero-order chi connectivity index (χ0) is 10.7. The van der Waals surface area contributed by atoms with E-state index in [0.29, 0.717) is 5.56 Å². The third-order valence-corrected chi connectivity index (χ3v) is 1.95. The fraction of sp³-hybridized carbons (Fsp3) is 0.444. The summed E-state index contributed by atoms with van der Waals surface area (Å²) in [6.07, 6.45) is 1.66. The molecule has 0 radical (unpaired) electrons. The van der Waals surface area contributed by atoms with Gasteiger partial charge in [0.05, 0.1) is 12.5 Å². The molecule has 14 heavy (non-hydrogen) atoms. The van der Waals surface area contributed by atoms with Gasteiger partial charge in [-0.2, -0.15) is 5.26 Å². The van der Waals surface area contributed by atoms with Gasteiger partial charge in [-0.1, -0.05) is 0 Å². The van der Waals surface area contributed by atoms with E-state index in [-0.39, 0.29) is 24.2 Å². The largest absolute Gasteiger partial charge is 0.330 e. The highest BCUT2D eigenvalue weighted by Crippen LogP contribution is 1.85. The van der Waals surface area contributed by atoms with Crippen molar-refractivity contribution in [1.29, 1.82) is 5.26 Å². The van der Waals surface area contributed by atoms with Crippen molar-refractivity contribution in [3.8, 4) is 6.07 Å². The monoisotopic (exact) mass is 193 g/mol. The zero-order valence-corrected chi connectivity index (χ0v) is 8.15. The van der Waals surface area contributed by atoms with Crippen LogP contribution in [0.3, 0.4) is 0 Å². The summed E-state index contributed by atoms with van der Waals surface area (Å²) in [6.45, 7) is 1.80. The minimum atomic E-state index is -0.379. The molecule has 0 aromatic carbocycles. The Morgan fingerprint density at radius 1 is 1.50 bits per heavy atom. The number of nitriles is 1. The molecule has 0 aliphatic heterocycles. The average molecular weight is 193 g/mol. The van der Waals surface area contributed by atoms with E-state index in [1.165, 1.54) is 10.8 Å². The van der Waals surface area contributed by atoms with Gasteiger partial charge in [0.2, 0.25) is 0 Å². The molecular formula is C9H11N3O2. The van der Waals surface area contributed by atoms with Crippen LogP contribution in [0, 0.1) is 18.3 Å². The van der Waals surface area contributed by atoms with Gasteiger partial charge in [-0.3, -0.25) is 9.36 Å². The molecule has 0 aliphatic carbocycles. The lowest BCUT2D eigenvalue weighted by Gasteiger charge is -2.05. The van der Waals surface area contributed by atoms with Crippen LogP contribution in [0.25, 0.3) is 0 Å². The first kappa shape index (κ1) is 10.3. The van der Waals surface area contributed by atoms with Crippen LogP contribution >= 0.6 is 0 Å². The maximum Gasteiger partial charge on any atom is 0.330 e. The Morgan fingerprint density at radius 2 is 2.14 bits per heavy atom. The molecule has 0 atom stereocenters. The van der Waals surface area contributed by atoms with Crippen LogP contribution in [0.15, 0.2) is 15.8 Å². The van der Waals surface area contributed by atoms with E-state index in [0.717, 1.165) is 4.57 Å². The molecule has 0 bridgehead atoms. The summed E-state index contributed by atoms with van der Waals surface area (Å²) in [7, 11) is 1.58. The minimum absolute atomic E-state index is 0.156. The second-order valence-electron chi connectivity index (χ2n) is 3.07. The second kappa shape index (κ2) is 3.92. The molecule has 1 heterocycles. The number of hydrogen-bond acceptors (Lipinski definition) is 3. The van der Waals surface area contributed by atoms with E-state index in [1.807, 2.05) is 6.07 Å². The molecule has 1 aromatic heterocycles. The molecule has 5 heteroatoms. The fourth-order valence-corrected chi connectivity index (χ4v) is 1.25. The van der Waals surface area contributed by atoms with Gasteiger partial charge in [-0.05, 0) is 6.92 Å². The third-order valence-electron chi connectivity index (χ3n) is 1.95. The van der Waals surface area contributed by atoms with E-state index < -0.39 is 0 Å². The maximum absolute atomic E-state index is 11.5. The van der Waals surface area contributed by atoms with Crippen molar-refractivity contribution in [2.24, 2.45) is 7.05 Å². The van der Waals surface area contributed by atoms with Crippen molar-refractivity contribution in [1.82, 2.24) is 9.13 Å². The fourth-order valence-electron chi connectivity index (χ4n) is 1.25. The Morgan fingerprint density at radius 3 is 2.71 bits per heavy atom. The smallest absolute Gasteiger partial charge is 0.303 e. The quantitative estimate of drug-likeness (QED) is 0.651. The first-order chi connectivity index (χ1) is 6.57. The summed E-state index contributed by atoms with van der Waals surface area (Å²) in [5, 5.41) is 8.37. The van der Waals surface area contributed by atoms with Gasteiger partial charge in [0.15, 0.2) is 0 Å². The molecule has 0 fully saturated rings. The summed E-state index contributed by atoms with van der Waals surface area (Å²) < 4.78 is 2.42. The molecule has 5 nitrogen and oxygen atoms in total. The van der Waals surface area contributed by atoms with Crippen molar-refractivity contribution in [2.75, 3.05) is 0 Å². The molecule has 0 spiro atoms. The highest BCUT2D eigenvalue weighted by atomic mass is 16.2. The van der Waals surface area contributed by atoms with E-state index >= 15 is 0 Å². The lowest BCUT2D eigenvalue weighted by molar-refractivity contribution is 0.594. The van der Waals surface area contributed by atoms with E-state index in [2.05, 4.69) is 0 Å². The average Bonchev–Trinajstić information content (AvgIpc) is 2.15. The third kappa shape index (κ3) is 1.74. The van der Waals surface area contributed by atoms with Gasteiger partial charge in [0, 0.05) is 25.4 Å². The molecule has 0 saturated heterocycles. The lowest BCUT2D eigenvalue weighted by atomic mass is 10.3. The molecular weight excluding hydrogens is 182 g/mol. The molecule has 1 rings (SSSR count). The summed E-state index contributed by atoms with van der Waals surface area (Å²) in [5.41, 5.74) is -0.191. The first-order valence-electron chi connectivity index (χ1n) is 4.22. The maximum atomic E-state index is 11.5. The van der Waals surface area contributed by atoms with Crippen LogP contribution < -0.4 is 11.2 Å². The minimum Gasteiger partial charge on any atom is -0.303 e. The summed E-state index contributed by atoms with van der Waals surface area (Å²) >= 11 is 0. The highest BCUT2D eigenvalue weighted by Gasteiger charge is 2.05. The lowest BCUT2D eigenvalue weighted by Crippen LogP contribution is -2.39. The van der Waals surface area contributed by atoms with Crippen molar-refractivity contribution in [2.45, 2.75) is 19.9 Å². The summed E-state index contributed by atoms with van der Waals surface area (Å²) in [5.74, 6) is 0. The Balaban J connectivity index is 3.35. The normalized spacial score (nSPS) is 9.79. The standard InChI is InChI=1S/C9H11N3O2/c1-7-6-11(2)9(14)12(8(7)13)5-3-4-10/h6H,3,5H2,1-2H3. The van der Waals surface area contributed by atoms with Crippen molar-refractivity contribution < 1.29 is 0 Å². The van der Waals surface area contributed by atoms with Gasteiger partial charge in [0.1, 0.15) is 0 Å². The summed E-state index contributed by atoms with van der Waals surface area (Å²) in [4.78, 5) is 23.0. The molecule has 0 amide bonds.